The Bertz CT molecular complexity index is 672. The van der Waals surface area contributed by atoms with Gasteiger partial charge in [0.25, 0.3) is 0 Å². The van der Waals surface area contributed by atoms with E-state index >= 15 is 0 Å². The number of benzene rings is 1. The van der Waals surface area contributed by atoms with Crippen molar-refractivity contribution in [3.63, 3.8) is 0 Å². The summed E-state index contributed by atoms with van der Waals surface area (Å²) in [4.78, 5) is 8.63. The van der Waals surface area contributed by atoms with Crippen LogP contribution in [0.4, 0.5) is 0 Å². The first-order chi connectivity index (χ1) is 9.88. The van der Waals surface area contributed by atoms with E-state index in [0.717, 1.165) is 37.3 Å². The summed E-state index contributed by atoms with van der Waals surface area (Å²) in [5.74, 6) is 1.41. The molecule has 3 aromatic rings. The highest BCUT2D eigenvalue weighted by Gasteiger charge is 2.08. The molecule has 0 amide bonds. The third-order valence-corrected chi connectivity index (χ3v) is 3.70. The minimum Gasteiger partial charge on any atom is -0.337 e. The van der Waals surface area contributed by atoms with Gasteiger partial charge in [0.2, 0.25) is 0 Å². The van der Waals surface area contributed by atoms with Gasteiger partial charge in [-0.1, -0.05) is 12.1 Å². The number of aryl methyl sites for hydroxylation is 2. The predicted molar refractivity (Wildman–Crippen MR) is 80.8 cm³/mol. The Hall–Kier alpha value is -1.81. The van der Waals surface area contributed by atoms with Gasteiger partial charge in [0.1, 0.15) is 5.82 Å². The molecular formula is C15H17ClN4. The average molecular weight is 289 g/mol. The number of hydrogen-bond donors (Lipinski definition) is 0. The van der Waals surface area contributed by atoms with Crippen molar-refractivity contribution < 1.29 is 0 Å². The number of rotatable bonds is 6. The van der Waals surface area contributed by atoms with E-state index < -0.39 is 0 Å². The SMILES string of the molecule is ClCc1nc2ccccc2n1CCCCn1ccnc1. The third-order valence-electron chi connectivity index (χ3n) is 3.46. The predicted octanol–water partition coefficient (Wildman–Crippen LogP) is 3.45. The molecule has 2 heterocycles. The summed E-state index contributed by atoms with van der Waals surface area (Å²) < 4.78 is 4.34. The fraction of sp³-hybridized carbons (Fsp3) is 0.333. The molecule has 0 N–H and O–H groups in total. The Morgan fingerprint density at radius 3 is 2.75 bits per heavy atom. The lowest BCUT2D eigenvalue weighted by molar-refractivity contribution is 0.552. The Kier molecular flexibility index (Phi) is 4.02. The molecule has 1 aromatic carbocycles. The monoisotopic (exact) mass is 288 g/mol. The first-order valence-corrected chi connectivity index (χ1v) is 7.38. The summed E-state index contributed by atoms with van der Waals surface area (Å²) in [6, 6.07) is 8.20. The van der Waals surface area contributed by atoms with Gasteiger partial charge in [-0.2, -0.15) is 0 Å². The maximum atomic E-state index is 6.00. The fourth-order valence-corrected chi connectivity index (χ4v) is 2.66. The summed E-state index contributed by atoms with van der Waals surface area (Å²) in [5, 5.41) is 0. The van der Waals surface area contributed by atoms with Gasteiger partial charge in [-0.3, -0.25) is 0 Å². The normalized spacial score (nSPS) is 11.2. The zero-order chi connectivity index (χ0) is 13.8. The van der Waals surface area contributed by atoms with Crippen molar-refractivity contribution in [2.45, 2.75) is 31.8 Å². The molecule has 3 rings (SSSR count). The second kappa shape index (κ2) is 6.09. The number of nitrogens with zero attached hydrogens (tertiary/aromatic N) is 4. The van der Waals surface area contributed by atoms with Crippen LogP contribution in [0.5, 0.6) is 0 Å². The third kappa shape index (κ3) is 2.70. The van der Waals surface area contributed by atoms with Crippen LogP contribution in [-0.4, -0.2) is 19.1 Å². The number of fused-ring (bicyclic) bond motifs is 1. The van der Waals surface area contributed by atoms with Crippen molar-refractivity contribution in [3.05, 3.63) is 48.8 Å². The van der Waals surface area contributed by atoms with Crippen LogP contribution in [-0.2, 0) is 19.0 Å². The summed E-state index contributed by atoms with van der Waals surface area (Å²) in [7, 11) is 0. The molecule has 0 spiro atoms. The molecule has 0 aliphatic heterocycles. The summed E-state index contributed by atoms with van der Waals surface area (Å²) >= 11 is 6.00. The number of hydrogen-bond acceptors (Lipinski definition) is 2. The van der Waals surface area contributed by atoms with Gasteiger partial charge in [0, 0.05) is 25.5 Å². The zero-order valence-corrected chi connectivity index (χ0v) is 12.0. The Balaban J connectivity index is 1.67. The molecule has 0 saturated heterocycles. The first kappa shape index (κ1) is 13.2. The van der Waals surface area contributed by atoms with Crippen molar-refractivity contribution in [3.8, 4) is 0 Å². The molecule has 104 valence electrons. The van der Waals surface area contributed by atoms with Crippen molar-refractivity contribution in [2.24, 2.45) is 0 Å². The maximum absolute atomic E-state index is 6.00. The van der Waals surface area contributed by atoms with E-state index in [1.807, 2.05) is 36.9 Å². The molecule has 20 heavy (non-hydrogen) atoms. The number of aromatic nitrogens is 4. The molecule has 0 atom stereocenters. The molecule has 5 heteroatoms. The molecule has 0 bridgehead atoms. The van der Waals surface area contributed by atoms with Gasteiger partial charge < -0.3 is 9.13 Å². The van der Waals surface area contributed by atoms with Crippen LogP contribution in [0.15, 0.2) is 43.0 Å². The van der Waals surface area contributed by atoms with E-state index in [0.29, 0.717) is 5.88 Å². The quantitative estimate of drug-likeness (QED) is 0.514. The number of alkyl halides is 1. The standard InChI is InChI=1S/C15H17ClN4/c16-11-15-18-13-5-1-2-6-14(13)20(15)9-4-3-8-19-10-7-17-12-19/h1-2,5-7,10,12H,3-4,8-9,11H2. The van der Waals surface area contributed by atoms with E-state index in [4.69, 9.17) is 11.6 Å². The first-order valence-electron chi connectivity index (χ1n) is 6.84. The summed E-state index contributed by atoms with van der Waals surface area (Å²) in [5.41, 5.74) is 2.20. The van der Waals surface area contributed by atoms with Crippen molar-refractivity contribution in [1.29, 1.82) is 0 Å². The molecule has 0 unspecified atom stereocenters. The minimum absolute atomic E-state index is 0.455. The summed E-state index contributed by atoms with van der Waals surface area (Å²) in [6.45, 7) is 1.96. The van der Waals surface area contributed by atoms with Gasteiger partial charge in [-0.15, -0.1) is 11.6 Å². The topological polar surface area (TPSA) is 35.6 Å². The van der Waals surface area contributed by atoms with Gasteiger partial charge >= 0.3 is 0 Å². The van der Waals surface area contributed by atoms with E-state index in [1.165, 1.54) is 5.52 Å². The van der Waals surface area contributed by atoms with E-state index in [-0.39, 0.29) is 0 Å². The zero-order valence-electron chi connectivity index (χ0n) is 11.2. The van der Waals surface area contributed by atoms with Crippen LogP contribution in [0.25, 0.3) is 11.0 Å². The fourth-order valence-electron chi connectivity index (χ4n) is 2.46. The average Bonchev–Trinajstić information content (AvgIpc) is 3.11. The van der Waals surface area contributed by atoms with Crippen molar-refractivity contribution in [2.75, 3.05) is 0 Å². The van der Waals surface area contributed by atoms with Gasteiger partial charge in [0.05, 0.1) is 23.2 Å². The Morgan fingerprint density at radius 2 is 1.95 bits per heavy atom. The van der Waals surface area contributed by atoms with Crippen LogP contribution in [0.1, 0.15) is 18.7 Å². The second-order valence-corrected chi connectivity index (χ2v) is 5.08. The highest BCUT2D eigenvalue weighted by atomic mass is 35.5. The lowest BCUT2D eigenvalue weighted by atomic mass is 10.3. The number of para-hydroxylation sites is 2. The largest absolute Gasteiger partial charge is 0.337 e. The molecule has 2 aromatic heterocycles. The molecule has 0 radical (unpaired) electrons. The Morgan fingerprint density at radius 1 is 1.10 bits per heavy atom. The van der Waals surface area contributed by atoms with Crippen LogP contribution in [0.2, 0.25) is 0 Å². The highest BCUT2D eigenvalue weighted by molar-refractivity contribution is 6.16. The Labute approximate surface area is 123 Å². The van der Waals surface area contributed by atoms with Gasteiger partial charge in [-0.05, 0) is 25.0 Å². The lowest BCUT2D eigenvalue weighted by Crippen LogP contribution is -2.04. The van der Waals surface area contributed by atoms with Crippen molar-refractivity contribution in [1.82, 2.24) is 19.1 Å². The summed E-state index contributed by atoms with van der Waals surface area (Å²) in [6.07, 6.45) is 7.88. The van der Waals surface area contributed by atoms with Gasteiger partial charge in [0.15, 0.2) is 0 Å². The van der Waals surface area contributed by atoms with Crippen LogP contribution in [0.3, 0.4) is 0 Å². The van der Waals surface area contributed by atoms with Crippen LogP contribution < -0.4 is 0 Å². The van der Waals surface area contributed by atoms with E-state index in [2.05, 4.69) is 25.2 Å². The molecule has 0 aliphatic rings. The highest BCUT2D eigenvalue weighted by Crippen LogP contribution is 2.18. The van der Waals surface area contributed by atoms with Crippen LogP contribution >= 0.6 is 11.6 Å². The molecular weight excluding hydrogens is 272 g/mol. The van der Waals surface area contributed by atoms with Crippen molar-refractivity contribution >= 4 is 22.6 Å². The molecule has 0 fully saturated rings. The number of imidazole rings is 2. The maximum Gasteiger partial charge on any atom is 0.124 e. The molecule has 4 nitrogen and oxygen atoms in total. The van der Waals surface area contributed by atoms with E-state index in [1.54, 1.807) is 0 Å². The minimum atomic E-state index is 0.455. The lowest BCUT2D eigenvalue weighted by Gasteiger charge is -2.08. The molecule has 0 saturated carbocycles. The molecule has 0 aliphatic carbocycles. The number of unbranched alkanes of at least 4 members (excludes halogenated alkanes) is 1. The van der Waals surface area contributed by atoms with Gasteiger partial charge in [-0.25, -0.2) is 9.97 Å². The second-order valence-electron chi connectivity index (χ2n) is 4.81. The van der Waals surface area contributed by atoms with E-state index in [9.17, 15) is 0 Å². The smallest absolute Gasteiger partial charge is 0.124 e. The van der Waals surface area contributed by atoms with Crippen LogP contribution in [0, 0.1) is 0 Å². The number of halogens is 1.